The van der Waals surface area contributed by atoms with Crippen LogP contribution < -0.4 is 0 Å². The highest BCUT2D eigenvalue weighted by molar-refractivity contribution is 5.90. The van der Waals surface area contributed by atoms with Crippen LogP contribution in [0.4, 0.5) is 0 Å². The predicted molar refractivity (Wildman–Crippen MR) is 175 cm³/mol. The topological polar surface area (TPSA) is 105 Å². The van der Waals surface area contributed by atoms with Crippen LogP contribution in [-0.4, -0.2) is 70.1 Å². The van der Waals surface area contributed by atoms with Crippen LogP contribution in [0.5, 0.6) is 0 Å². The van der Waals surface area contributed by atoms with Gasteiger partial charge < -0.3 is 29.5 Å². The van der Waals surface area contributed by atoms with Crippen LogP contribution >= 0.6 is 0 Å². The summed E-state index contributed by atoms with van der Waals surface area (Å²) in [6, 6.07) is 0. The number of hydrogen-bond acceptors (Lipinski definition) is 7. The highest BCUT2D eigenvalue weighted by atomic mass is 16.6. The van der Waals surface area contributed by atoms with Gasteiger partial charge in [0.1, 0.15) is 6.10 Å². The van der Waals surface area contributed by atoms with Crippen LogP contribution in [0.25, 0.3) is 0 Å². The molecule has 0 aliphatic carbocycles. The highest BCUT2D eigenvalue weighted by Gasteiger charge is 2.39. The monoisotopic (exact) mass is 622 g/mol. The lowest BCUT2D eigenvalue weighted by Crippen LogP contribution is -2.33. The number of hydrogen-bond donors (Lipinski definition) is 3. The van der Waals surface area contributed by atoms with Crippen molar-refractivity contribution >= 4 is 5.97 Å². The van der Waals surface area contributed by atoms with Gasteiger partial charge in [0.15, 0.2) is 0 Å². The average Bonchev–Trinajstić information content (AvgIpc) is 3.76. The smallest absolute Gasteiger partial charge is 0.334 e. The third kappa shape index (κ3) is 14.2. The first-order valence-electron chi connectivity index (χ1n) is 18.6. The predicted octanol–water partition coefficient (Wildman–Crippen LogP) is 7.86. The van der Waals surface area contributed by atoms with Gasteiger partial charge in [-0.25, -0.2) is 4.79 Å². The second-order valence-electron chi connectivity index (χ2n) is 14.0. The Kier molecular flexibility index (Phi) is 18.5. The van der Waals surface area contributed by atoms with Crippen molar-refractivity contribution in [3.63, 3.8) is 0 Å². The van der Waals surface area contributed by atoms with Crippen molar-refractivity contribution in [3.05, 3.63) is 11.6 Å². The third-order valence-corrected chi connectivity index (χ3v) is 10.1. The van der Waals surface area contributed by atoms with Gasteiger partial charge in [-0.15, -0.1) is 0 Å². The molecule has 7 heteroatoms. The Morgan fingerprint density at radius 1 is 0.705 bits per heavy atom. The molecule has 0 spiro atoms. The summed E-state index contributed by atoms with van der Waals surface area (Å²) in [4.78, 5) is 11.7. The van der Waals surface area contributed by atoms with Crippen LogP contribution in [0, 0.1) is 0 Å². The van der Waals surface area contributed by atoms with E-state index in [1.54, 1.807) is 0 Å². The Bertz CT molecular complexity index is 801. The summed E-state index contributed by atoms with van der Waals surface area (Å²) >= 11 is 0. The number of aliphatic hydroxyl groups excluding tert-OH is 3. The number of ether oxygens (including phenoxy) is 3. The molecule has 3 aliphatic heterocycles. The second-order valence-corrected chi connectivity index (χ2v) is 14.0. The molecule has 256 valence electrons. The first-order chi connectivity index (χ1) is 21.4. The fraction of sp³-hybridized carbons (Fsp3) is 0.919. The SMILES string of the molecule is CCCCCCCCCCC(O)C(O)CCC(O)C1CCC(C2CCC(CCCCCCCCCC3=CC(C)OC3=O)O2)O1. The number of carbonyl (C=O) groups is 1. The third-order valence-electron chi connectivity index (χ3n) is 10.1. The minimum Gasteiger partial charge on any atom is -0.455 e. The molecule has 0 saturated carbocycles. The molecule has 3 heterocycles. The van der Waals surface area contributed by atoms with E-state index in [-0.39, 0.29) is 30.4 Å². The van der Waals surface area contributed by atoms with Gasteiger partial charge in [-0.2, -0.15) is 0 Å². The maximum absolute atomic E-state index is 11.7. The molecule has 3 N–H and O–H groups in total. The van der Waals surface area contributed by atoms with E-state index in [0.29, 0.717) is 25.4 Å². The van der Waals surface area contributed by atoms with Gasteiger partial charge in [0.25, 0.3) is 0 Å². The van der Waals surface area contributed by atoms with Crippen LogP contribution in [0.1, 0.15) is 168 Å². The van der Waals surface area contributed by atoms with Crippen LogP contribution in [0.3, 0.4) is 0 Å². The summed E-state index contributed by atoms with van der Waals surface area (Å²) in [5.41, 5.74) is 0.859. The number of aliphatic hydroxyl groups is 3. The van der Waals surface area contributed by atoms with E-state index in [1.807, 2.05) is 13.0 Å². The summed E-state index contributed by atoms with van der Waals surface area (Å²) < 4.78 is 17.8. The van der Waals surface area contributed by atoms with Crippen LogP contribution in [0.15, 0.2) is 11.6 Å². The minimum atomic E-state index is -0.781. The van der Waals surface area contributed by atoms with Crippen LogP contribution in [-0.2, 0) is 19.0 Å². The molecular weight excluding hydrogens is 556 g/mol. The second kappa shape index (κ2) is 21.7. The molecule has 3 aliphatic rings. The Morgan fingerprint density at radius 2 is 1.30 bits per heavy atom. The number of esters is 1. The summed E-state index contributed by atoms with van der Waals surface area (Å²) in [6.07, 6.45) is 25.6. The average molecular weight is 623 g/mol. The van der Waals surface area contributed by atoms with Crippen molar-refractivity contribution < 1.29 is 34.3 Å². The van der Waals surface area contributed by atoms with E-state index in [2.05, 4.69) is 6.92 Å². The molecule has 0 aromatic heterocycles. The van der Waals surface area contributed by atoms with Gasteiger partial charge in [0.05, 0.1) is 42.7 Å². The van der Waals surface area contributed by atoms with Gasteiger partial charge in [0.2, 0.25) is 0 Å². The fourth-order valence-electron chi connectivity index (χ4n) is 7.25. The number of unbranched alkanes of at least 4 members (excludes halogenated alkanes) is 13. The van der Waals surface area contributed by atoms with Gasteiger partial charge in [-0.1, -0.05) is 96.8 Å². The van der Waals surface area contributed by atoms with Crippen LogP contribution in [0.2, 0.25) is 0 Å². The molecule has 0 aromatic rings. The molecule has 7 nitrogen and oxygen atoms in total. The summed E-state index contributed by atoms with van der Waals surface area (Å²) in [5, 5.41) is 31.6. The maximum atomic E-state index is 11.7. The summed E-state index contributed by atoms with van der Waals surface area (Å²) in [5.74, 6) is -0.127. The molecular formula is C37H66O7. The van der Waals surface area contributed by atoms with Crippen molar-refractivity contribution in [1.29, 1.82) is 0 Å². The zero-order valence-corrected chi connectivity index (χ0v) is 28.1. The van der Waals surface area contributed by atoms with E-state index in [0.717, 1.165) is 63.4 Å². The van der Waals surface area contributed by atoms with Gasteiger partial charge in [-0.3, -0.25) is 0 Å². The summed E-state index contributed by atoms with van der Waals surface area (Å²) in [6.45, 7) is 4.14. The van der Waals surface area contributed by atoms with E-state index in [1.165, 1.54) is 77.0 Å². The van der Waals surface area contributed by atoms with E-state index < -0.39 is 18.3 Å². The molecule has 44 heavy (non-hydrogen) atoms. The lowest BCUT2D eigenvalue weighted by atomic mass is 9.97. The fourth-order valence-corrected chi connectivity index (χ4v) is 7.25. The first kappa shape index (κ1) is 37.5. The van der Waals surface area contributed by atoms with Crippen molar-refractivity contribution in [2.45, 2.75) is 217 Å². The molecule has 2 saturated heterocycles. The molecule has 0 radical (unpaired) electrons. The molecule has 0 amide bonds. The first-order valence-corrected chi connectivity index (χ1v) is 18.6. The molecule has 0 aromatic carbocycles. The molecule has 0 bridgehead atoms. The Morgan fingerprint density at radius 3 is 1.98 bits per heavy atom. The Balaban J connectivity index is 1.15. The number of rotatable bonds is 25. The lowest BCUT2D eigenvalue weighted by molar-refractivity contribution is -0.139. The lowest BCUT2D eigenvalue weighted by Gasteiger charge is -2.24. The normalized spacial score (nSPS) is 27.4. The molecule has 3 rings (SSSR count). The largest absolute Gasteiger partial charge is 0.455 e. The zero-order chi connectivity index (χ0) is 31.6. The van der Waals surface area contributed by atoms with Crippen molar-refractivity contribution in [2.75, 3.05) is 0 Å². The quantitative estimate of drug-likeness (QED) is 0.0703. The summed E-state index contributed by atoms with van der Waals surface area (Å²) in [7, 11) is 0. The van der Waals surface area contributed by atoms with Crippen molar-refractivity contribution in [2.24, 2.45) is 0 Å². The molecule has 8 unspecified atom stereocenters. The maximum Gasteiger partial charge on any atom is 0.334 e. The minimum absolute atomic E-state index is 0.0571. The van der Waals surface area contributed by atoms with Gasteiger partial charge in [0, 0.05) is 5.57 Å². The number of carbonyl (C=O) groups excluding carboxylic acids is 1. The standard InChI is InChI=1S/C37H66O7/c1-3-4-5-6-7-11-14-17-20-31(38)32(39)22-23-33(40)34-25-26-36(44-34)35-24-21-30(43-35)19-16-13-10-8-9-12-15-18-29-27-28(2)42-37(29)41/h27-28,30-36,38-40H,3-26H2,1-2H3. The van der Waals surface area contributed by atoms with E-state index in [9.17, 15) is 20.1 Å². The zero-order valence-electron chi connectivity index (χ0n) is 28.1. The Hall–Kier alpha value is -0.990. The molecule has 2 fully saturated rings. The van der Waals surface area contributed by atoms with Crippen molar-refractivity contribution in [1.82, 2.24) is 0 Å². The molecule has 8 atom stereocenters. The Labute approximate surface area is 268 Å². The van der Waals surface area contributed by atoms with Gasteiger partial charge >= 0.3 is 5.97 Å². The van der Waals surface area contributed by atoms with Crippen molar-refractivity contribution in [3.8, 4) is 0 Å². The van der Waals surface area contributed by atoms with Gasteiger partial charge in [-0.05, 0) is 77.2 Å². The van der Waals surface area contributed by atoms with E-state index >= 15 is 0 Å². The highest BCUT2D eigenvalue weighted by Crippen LogP contribution is 2.34. The van der Waals surface area contributed by atoms with E-state index in [4.69, 9.17) is 14.2 Å². The number of cyclic esters (lactones) is 1.